The highest BCUT2D eigenvalue weighted by Gasteiger charge is 2.48. The first-order chi connectivity index (χ1) is 14.7. The first kappa shape index (κ1) is 21.2. The van der Waals surface area contributed by atoms with Crippen molar-refractivity contribution in [3.05, 3.63) is 65.4 Å². The van der Waals surface area contributed by atoms with Gasteiger partial charge in [-0.25, -0.2) is 0 Å². The molecule has 1 N–H and O–H groups in total. The molecule has 1 aliphatic heterocycles. The molecule has 0 bridgehead atoms. The number of aromatic nitrogens is 1. The molecule has 1 unspecified atom stereocenters. The van der Waals surface area contributed by atoms with Gasteiger partial charge in [0, 0.05) is 23.1 Å². The molecule has 0 fully saturated rings. The number of aryl methyl sites for hydroxylation is 2. The van der Waals surface area contributed by atoms with Gasteiger partial charge in [0.2, 0.25) is 5.91 Å². The Bertz CT molecular complexity index is 1140. The fourth-order valence-electron chi connectivity index (χ4n) is 4.60. The largest absolute Gasteiger partial charge is 0.354 e. The Kier molecular flexibility index (Phi) is 5.38. The van der Waals surface area contributed by atoms with Crippen molar-refractivity contribution in [2.75, 3.05) is 11.4 Å². The molecule has 1 aliphatic rings. The summed E-state index contributed by atoms with van der Waals surface area (Å²) in [6, 6.07) is 15.9. The van der Waals surface area contributed by atoms with E-state index in [9.17, 15) is 9.59 Å². The highest BCUT2D eigenvalue weighted by atomic mass is 16.2. The number of hydrogen-bond acceptors (Lipinski definition) is 2. The summed E-state index contributed by atoms with van der Waals surface area (Å²) >= 11 is 0. The minimum atomic E-state index is -1.04. The highest BCUT2D eigenvalue weighted by molar-refractivity contribution is 6.14. The Morgan fingerprint density at radius 2 is 1.77 bits per heavy atom. The summed E-state index contributed by atoms with van der Waals surface area (Å²) < 4.78 is 2.00. The Morgan fingerprint density at radius 3 is 2.45 bits per heavy atom. The third-order valence-electron chi connectivity index (χ3n) is 6.15. The van der Waals surface area contributed by atoms with Crippen LogP contribution >= 0.6 is 0 Å². The normalized spacial score (nSPS) is 18.5. The highest BCUT2D eigenvalue weighted by Crippen LogP contribution is 2.36. The summed E-state index contributed by atoms with van der Waals surface area (Å²) in [7, 11) is 0. The van der Waals surface area contributed by atoms with E-state index in [1.807, 2.05) is 67.8 Å². The van der Waals surface area contributed by atoms with Crippen molar-refractivity contribution < 1.29 is 9.59 Å². The number of amides is 2. The van der Waals surface area contributed by atoms with Crippen molar-refractivity contribution in [2.45, 2.75) is 53.1 Å². The summed E-state index contributed by atoms with van der Waals surface area (Å²) in [4.78, 5) is 29.1. The zero-order chi connectivity index (χ0) is 22.3. The Balaban J connectivity index is 1.84. The van der Waals surface area contributed by atoms with Crippen LogP contribution in [0.15, 0.2) is 48.5 Å². The zero-order valence-electron chi connectivity index (χ0n) is 19.0. The van der Waals surface area contributed by atoms with Gasteiger partial charge in [-0.15, -0.1) is 0 Å². The number of nitrogens with one attached hydrogen (secondary N) is 1. The SMILES string of the molecule is Cc1cc(C)cc(N2C(=O)c3cc4ccccc4n3CC2(C)C(=O)NCCC(C)C)c1. The summed E-state index contributed by atoms with van der Waals surface area (Å²) in [5, 5.41) is 4.11. The van der Waals surface area contributed by atoms with E-state index in [1.165, 1.54) is 0 Å². The van der Waals surface area contributed by atoms with Crippen LogP contribution in [0.25, 0.3) is 10.9 Å². The van der Waals surface area contributed by atoms with Crippen LogP contribution in [-0.4, -0.2) is 28.5 Å². The quantitative estimate of drug-likeness (QED) is 0.646. The molecule has 0 saturated heterocycles. The van der Waals surface area contributed by atoms with Crippen molar-refractivity contribution in [3.8, 4) is 0 Å². The van der Waals surface area contributed by atoms with Gasteiger partial charge in [0.25, 0.3) is 5.91 Å². The van der Waals surface area contributed by atoms with Crippen LogP contribution in [0.1, 0.15) is 48.8 Å². The molecule has 162 valence electrons. The number of nitrogens with zero attached hydrogens (tertiary/aromatic N) is 2. The number of rotatable bonds is 5. The summed E-state index contributed by atoms with van der Waals surface area (Å²) in [5.41, 5.74) is 3.46. The molecule has 0 radical (unpaired) electrons. The van der Waals surface area contributed by atoms with Crippen molar-refractivity contribution in [1.29, 1.82) is 0 Å². The maximum Gasteiger partial charge on any atom is 0.275 e. The minimum Gasteiger partial charge on any atom is -0.354 e. The minimum absolute atomic E-state index is 0.121. The molecular weight excluding hydrogens is 386 g/mol. The van der Waals surface area contributed by atoms with E-state index in [0.717, 1.165) is 34.1 Å². The predicted octanol–water partition coefficient (Wildman–Crippen LogP) is 4.84. The van der Waals surface area contributed by atoms with Gasteiger partial charge >= 0.3 is 0 Å². The van der Waals surface area contributed by atoms with Crippen molar-refractivity contribution in [2.24, 2.45) is 5.92 Å². The standard InChI is InChI=1S/C26H31N3O2/c1-17(2)10-11-27-25(31)26(5)16-28-22-9-7-6-8-20(22)15-23(28)24(30)29(26)21-13-18(3)12-19(4)14-21/h6-9,12-15,17H,10-11,16H2,1-5H3,(H,27,31). The first-order valence-electron chi connectivity index (χ1n) is 11.0. The van der Waals surface area contributed by atoms with Crippen LogP contribution in [0.3, 0.4) is 0 Å². The van der Waals surface area contributed by atoms with E-state index in [4.69, 9.17) is 0 Å². The van der Waals surface area contributed by atoms with Crippen molar-refractivity contribution in [3.63, 3.8) is 0 Å². The average molecular weight is 418 g/mol. The lowest BCUT2D eigenvalue weighted by Crippen LogP contribution is -2.64. The zero-order valence-corrected chi connectivity index (χ0v) is 19.0. The second-order valence-corrected chi connectivity index (χ2v) is 9.37. The van der Waals surface area contributed by atoms with Gasteiger partial charge < -0.3 is 9.88 Å². The van der Waals surface area contributed by atoms with Gasteiger partial charge in [-0.2, -0.15) is 0 Å². The van der Waals surface area contributed by atoms with Gasteiger partial charge in [-0.1, -0.05) is 38.1 Å². The molecule has 1 atom stereocenters. The lowest BCUT2D eigenvalue weighted by Gasteiger charge is -2.44. The lowest BCUT2D eigenvalue weighted by atomic mass is 9.93. The maximum absolute atomic E-state index is 13.8. The fraction of sp³-hybridized carbons (Fsp3) is 0.385. The molecule has 3 aromatic rings. The van der Waals surface area contributed by atoms with E-state index < -0.39 is 5.54 Å². The summed E-state index contributed by atoms with van der Waals surface area (Å²) in [6.07, 6.45) is 0.900. The van der Waals surface area contributed by atoms with E-state index in [0.29, 0.717) is 24.7 Å². The summed E-state index contributed by atoms with van der Waals surface area (Å²) in [5.74, 6) is 0.231. The number of fused-ring (bicyclic) bond motifs is 3. The van der Waals surface area contributed by atoms with Crippen molar-refractivity contribution >= 4 is 28.4 Å². The monoisotopic (exact) mass is 417 g/mol. The molecule has 0 saturated carbocycles. The Hall–Kier alpha value is -3.08. The molecule has 5 heteroatoms. The van der Waals surface area contributed by atoms with E-state index in [2.05, 4.69) is 25.2 Å². The number of benzene rings is 2. The molecule has 0 aliphatic carbocycles. The Labute approximate surface area is 184 Å². The second kappa shape index (κ2) is 7.88. The smallest absolute Gasteiger partial charge is 0.275 e. The molecule has 5 nitrogen and oxygen atoms in total. The van der Waals surface area contributed by atoms with Gasteiger partial charge in [0.1, 0.15) is 11.2 Å². The number of carbonyl (C=O) groups excluding carboxylic acids is 2. The molecule has 31 heavy (non-hydrogen) atoms. The summed E-state index contributed by atoms with van der Waals surface area (Å²) in [6.45, 7) is 11.2. The van der Waals surface area contributed by atoms with Crippen LogP contribution in [0.4, 0.5) is 5.69 Å². The average Bonchev–Trinajstić information content (AvgIpc) is 3.05. The lowest BCUT2D eigenvalue weighted by molar-refractivity contribution is -0.126. The number of anilines is 1. The number of hydrogen-bond donors (Lipinski definition) is 1. The van der Waals surface area contributed by atoms with E-state index >= 15 is 0 Å². The maximum atomic E-state index is 13.8. The van der Waals surface area contributed by atoms with Crippen LogP contribution in [0, 0.1) is 19.8 Å². The van der Waals surface area contributed by atoms with Crippen molar-refractivity contribution in [1.82, 2.24) is 9.88 Å². The Morgan fingerprint density at radius 1 is 1.10 bits per heavy atom. The molecule has 2 aromatic carbocycles. The number of para-hydroxylation sites is 1. The second-order valence-electron chi connectivity index (χ2n) is 9.37. The third-order valence-corrected chi connectivity index (χ3v) is 6.15. The molecule has 0 spiro atoms. The van der Waals surface area contributed by atoms with Gasteiger partial charge in [0.05, 0.1) is 6.54 Å². The molecular formula is C26H31N3O2. The van der Waals surface area contributed by atoms with Crippen LogP contribution in [-0.2, 0) is 11.3 Å². The molecule has 2 amide bonds. The third kappa shape index (κ3) is 3.73. The van der Waals surface area contributed by atoms with Crippen LogP contribution in [0.5, 0.6) is 0 Å². The van der Waals surface area contributed by atoms with E-state index in [-0.39, 0.29) is 11.8 Å². The van der Waals surface area contributed by atoms with Crippen LogP contribution < -0.4 is 10.2 Å². The molecule has 4 rings (SSSR count). The predicted molar refractivity (Wildman–Crippen MR) is 126 cm³/mol. The first-order valence-corrected chi connectivity index (χ1v) is 11.0. The fourth-order valence-corrected chi connectivity index (χ4v) is 4.60. The molecule has 1 aromatic heterocycles. The van der Waals surface area contributed by atoms with Gasteiger partial charge in [-0.05, 0) is 68.5 Å². The molecule has 2 heterocycles. The number of carbonyl (C=O) groups is 2. The topological polar surface area (TPSA) is 54.3 Å². The van der Waals surface area contributed by atoms with Crippen LogP contribution in [0.2, 0.25) is 0 Å². The van der Waals surface area contributed by atoms with Gasteiger partial charge in [0.15, 0.2) is 0 Å². The van der Waals surface area contributed by atoms with Gasteiger partial charge in [-0.3, -0.25) is 14.5 Å². The van der Waals surface area contributed by atoms with E-state index in [1.54, 1.807) is 4.90 Å².